The summed E-state index contributed by atoms with van der Waals surface area (Å²) in [6.45, 7) is 5.30. The number of anilines is 1. The Hall–Kier alpha value is -3.19. The molecule has 150 valence electrons. The van der Waals surface area contributed by atoms with Crippen LogP contribution in [0.1, 0.15) is 31.0 Å². The zero-order valence-corrected chi connectivity index (χ0v) is 17.4. The third-order valence-electron chi connectivity index (χ3n) is 4.33. The smallest absolute Gasteiger partial charge is 0.264 e. The van der Waals surface area contributed by atoms with Crippen LogP contribution in [0.5, 0.6) is 5.75 Å². The Bertz CT molecular complexity index is 999. The van der Waals surface area contributed by atoms with Crippen molar-refractivity contribution in [1.29, 1.82) is 0 Å². The highest BCUT2D eigenvalue weighted by atomic mass is 32.1. The van der Waals surface area contributed by atoms with Crippen LogP contribution in [0.3, 0.4) is 0 Å². The minimum atomic E-state index is -0.256. The molecule has 29 heavy (non-hydrogen) atoms. The van der Waals surface area contributed by atoms with Crippen molar-refractivity contribution in [2.45, 2.75) is 26.8 Å². The molecule has 0 spiro atoms. The average Bonchev–Trinajstić information content (AvgIpc) is 3.15. The van der Waals surface area contributed by atoms with Crippen LogP contribution >= 0.6 is 11.3 Å². The molecular formula is C22H23N3O3S. The summed E-state index contributed by atoms with van der Waals surface area (Å²) in [5.41, 5.74) is 3.72. The Balaban J connectivity index is 1.58. The van der Waals surface area contributed by atoms with Crippen LogP contribution in [0.15, 0.2) is 53.9 Å². The van der Waals surface area contributed by atoms with E-state index in [1.807, 2.05) is 67.8 Å². The van der Waals surface area contributed by atoms with E-state index >= 15 is 0 Å². The minimum Gasteiger partial charge on any atom is -0.483 e. The number of rotatable bonds is 7. The van der Waals surface area contributed by atoms with E-state index in [1.54, 1.807) is 0 Å². The number of carbonyl (C=O) groups excluding carboxylic acids is 2. The second kappa shape index (κ2) is 9.34. The molecule has 0 saturated heterocycles. The van der Waals surface area contributed by atoms with E-state index in [1.165, 1.54) is 18.3 Å². The molecule has 0 aliphatic rings. The summed E-state index contributed by atoms with van der Waals surface area (Å²) in [4.78, 5) is 27.8. The van der Waals surface area contributed by atoms with Crippen LogP contribution < -0.4 is 15.4 Å². The summed E-state index contributed by atoms with van der Waals surface area (Å²) in [5, 5.41) is 8.04. The van der Waals surface area contributed by atoms with Crippen LogP contribution in [0, 0.1) is 6.92 Å². The van der Waals surface area contributed by atoms with Crippen LogP contribution in [0.4, 0.5) is 5.13 Å². The molecule has 0 aliphatic heterocycles. The average molecular weight is 410 g/mol. The first-order chi connectivity index (χ1) is 13.9. The first-order valence-electron chi connectivity index (χ1n) is 9.23. The maximum atomic E-state index is 12.1. The monoisotopic (exact) mass is 409 g/mol. The number of hydrogen-bond donors (Lipinski definition) is 2. The molecule has 0 aliphatic carbocycles. The summed E-state index contributed by atoms with van der Waals surface area (Å²) in [5.74, 6) is 0.373. The van der Waals surface area contributed by atoms with Crippen molar-refractivity contribution < 1.29 is 14.3 Å². The van der Waals surface area contributed by atoms with Crippen LogP contribution in [0.2, 0.25) is 0 Å². The van der Waals surface area contributed by atoms with E-state index in [0.29, 0.717) is 10.9 Å². The Morgan fingerprint density at radius 2 is 1.86 bits per heavy atom. The number of benzene rings is 2. The quantitative estimate of drug-likeness (QED) is 0.609. The standard InChI is InChI=1S/C22H23N3O3S/c1-14-6-4-5-7-20(14)28-12-21(27)25-22-24-19(13-29-22)18-10-8-17(9-11-18)15(2)23-16(3)26/h4-11,13,15H,12H2,1-3H3,(H,23,26)(H,24,25,27). The van der Waals surface area contributed by atoms with Gasteiger partial charge in [-0.05, 0) is 31.0 Å². The van der Waals surface area contributed by atoms with Crippen molar-refractivity contribution in [2.24, 2.45) is 0 Å². The lowest BCUT2D eigenvalue weighted by Crippen LogP contribution is -2.23. The third kappa shape index (κ3) is 5.65. The summed E-state index contributed by atoms with van der Waals surface area (Å²) in [6, 6.07) is 15.3. The van der Waals surface area contributed by atoms with Crippen LogP contribution in [-0.4, -0.2) is 23.4 Å². The molecule has 0 radical (unpaired) electrons. The summed E-state index contributed by atoms with van der Waals surface area (Å²) < 4.78 is 5.56. The fourth-order valence-electron chi connectivity index (χ4n) is 2.81. The van der Waals surface area contributed by atoms with Gasteiger partial charge in [0, 0.05) is 17.9 Å². The molecule has 1 heterocycles. The molecular weight excluding hydrogens is 386 g/mol. The van der Waals surface area contributed by atoms with Gasteiger partial charge in [0.05, 0.1) is 11.7 Å². The van der Waals surface area contributed by atoms with Crippen molar-refractivity contribution in [3.63, 3.8) is 0 Å². The van der Waals surface area contributed by atoms with Gasteiger partial charge in [-0.3, -0.25) is 14.9 Å². The fraction of sp³-hybridized carbons (Fsp3) is 0.227. The molecule has 1 unspecified atom stereocenters. The number of hydrogen-bond acceptors (Lipinski definition) is 5. The number of amides is 2. The van der Waals surface area contributed by atoms with Gasteiger partial charge < -0.3 is 10.1 Å². The first-order valence-corrected chi connectivity index (χ1v) is 10.1. The molecule has 1 aromatic heterocycles. The third-order valence-corrected chi connectivity index (χ3v) is 5.09. The second-order valence-corrected chi connectivity index (χ2v) is 7.54. The predicted octanol–water partition coefficient (Wildman–Crippen LogP) is 4.33. The largest absolute Gasteiger partial charge is 0.483 e. The van der Waals surface area contributed by atoms with E-state index in [4.69, 9.17) is 4.74 Å². The van der Waals surface area contributed by atoms with Gasteiger partial charge in [0.1, 0.15) is 5.75 Å². The van der Waals surface area contributed by atoms with Crippen LogP contribution in [-0.2, 0) is 9.59 Å². The molecule has 3 aromatic rings. The molecule has 7 heteroatoms. The molecule has 1 atom stereocenters. The SMILES string of the molecule is CC(=O)NC(C)c1ccc(-c2csc(NC(=O)COc3ccccc3C)n2)cc1. The van der Waals surface area contributed by atoms with E-state index in [0.717, 1.165) is 22.4 Å². The second-order valence-electron chi connectivity index (χ2n) is 6.68. The van der Waals surface area contributed by atoms with Crippen molar-refractivity contribution in [1.82, 2.24) is 10.3 Å². The number of nitrogens with zero attached hydrogens (tertiary/aromatic N) is 1. The summed E-state index contributed by atoms with van der Waals surface area (Å²) in [7, 11) is 0. The van der Waals surface area contributed by atoms with Crippen molar-refractivity contribution in [3.8, 4) is 17.0 Å². The number of aromatic nitrogens is 1. The van der Waals surface area contributed by atoms with Gasteiger partial charge in [0.2, 0.25) is 5.91 Å². The highest BCUT2D eigenvalue weighted by molar-refractivity contribution is 7.14. The molecule has 2 N–H and O–H groups in total. The van der Waals surface area contributed by atoms with Gasteiger partial charge in [-0.1, -0.05) is 42.5 Å². The molecule has 6 nitrogen and oxygen atoms in total. The fourth-order valence-corrected chi connectivity index (χ4v) is 3.55. The zero-order chi connectivity index (χ0) is 20.8. The zero-order valence-electron chi connectivity index (χ0n) is 16.6. The van der Waals surface area contributed by atoms with Gasteiger partial charge in [0.25, 0.3) is 5.91 Å². The first kappa shape index (κ1) is 20.5. The summed E-state index contributed by atoms with van der Waals surface area (Å²) >= 11 is 1.36. The maximum Gasteiger partial charge on any atom is 0.264 e. The number of carbonyl (C=O) groups is 2. The van der Waals surface area contributed by atoms with Crippen molar-refractivity contribution in [2.75, 3.05) is 11.9 Å². The summed E-state index contributed by atoms with van der Waals surface area (Å²) in [6.07, 6.45) is 0. The lowest BCUT2D eigenvalue weighted by molar-refractivity contribution is -0.119. The number of ether oxygens (including phenoxy) is 1. The van der Waals surface area contributed by atoms with Gasteiger partial charge in [-0.2, -0.15) is 0 Å². The number of para-hydroxylation sites is 1. The molecule has 2 aromatic carbocycles. The normalized spacial score (nSPS) is 11.6. The van der Waals surface area contributed by atoms with Gasteiger partial charge >= 0.3 is 0 Å². The van der Waals surface area contributed by atoms with E-state index < -0.39 is 0 Å². The Morgan fingerprint density at radius 1 is 1.14 bits per heavy atom. The molecule has 0 bridgehead atoms. The number of nitrogens with one attached hydrogen (secondary N) is 2. The Kier molecular flexibility index (Phi) is 6.61. The maximum absolute atomic E-state index is 12.1. The lowest BCUT2D eigenvalue weighted by Gasteiger charge is -2.13. The highest BCUT2D eigenvalue weighted by Gasteiger charge is 2.11. The molecule has 0 fully saturated rings. The Morgan fingerprint density at radius 3 is 2.55 bits per heavy atom. The van der Waals surface area contributed by atoms with Crippen molar-refractivity contribution >= 4 is 28.3 Å². The Labute approximate surface area is 173 Å². The van der Waals surface area contributed by atoms with Gasteiger partial charge in [-0.15, -0.1) is 11.3 Å². The van der Waals surface area contributed by atoms with Crippen LogP contribution in [0.25, 0.3) is 11.3 Å². The number of thiazole rings is 1. The minimum absolute atomic E-state index is 0.0555. The van der Waals surface area contributed by atoms with Gasteiger partial charge in [0.15, 0.2) is 11.7 Å². The molecule has 0 saturated carbocycles. The van der Waals surface area contributed by atoms with E-state index in [9.17, 15) is 9.59 Å². The highest BCUT2D eigenvalue weighted by Crippen LogP contribution is 2.26. The topological polar surface area (TPSA) is 80.3 Å². The lowest BCUT2D eigenvalue weighted by atomic mass is 10.1. The van der Waals surface area contributed by atoms with E-state index in [-0.39, 0.29) is 24.5 Å². The molecule has 3 rings (SSSR count). The predicted molar refractivity (Wildman–Crippen MR) is 115 cm³/mol. The van der Waals surface area contributed by atoms with E-state index in [2.05, 4.69) is 15.6 Å². The molecule has 2 amide bonds. The van der Waals surface area contributed by atoms with Crippen molar-refractivity contribution in [3.05, 3.63) is 65.0 Å². The number of aryl methyl sites for hydroxylation is 1. The van der Waals surface area contributed by atoms with Gasteiger partial charge in [-0.25, -0.2) is 4.98 Å².